The Morgan fingerprint density at radius 1 is 1.60 bits per heavy atom. The van der Waals surface area contributed by atoms with Gasteiger partial charge in [0.15, 0.2) is 0 Å². The van der Waals surface area contributed by atoms with Crippen molar-refractivity contribution in [2.24, 2.45) is 0 Å². The van der Waals surface area contributed by atoms with Gasteiger partial charge in [0.2, 0.25) is 0 Å². The Labute approximate surface area is 65.3 Å². The van der Waals surface area contributed by atoms with Gasteiger partial charge in [0.25, 0.3) is 0 Å². The highest BCUT2D eigenvalue weighted by Gasteiger charge is 1.95. The number of hydrogen-bond acceptors (Lipinski definition) is 3. The number of aliphatic hydroxyl groups excluding tert-OH is 1. The van der Waals surface area contributed by atoms with Crippen LogP contribution in [-0.2, 0) is 9.53 Å². The molecule has 0 aromatic heterocycles. The maximum atomic E-state index is 10.1. The number of carbonyl (C=O) groups is 1. The minimum Gasteiger partial charge on any atom is -0.462 e. The summed E-state index contributed by atoms with van der Waals surface area (Å²) in [4.78, 5) is 10.1. The molecule has 0 aromatic rings. The lowest BCUT2D eigenvalue weighted by Gasteiger charge is -1.95. The molecule has 0 aromatic carbocycles. The maximum Gasteiger partial charge on any atom is 0.320 e. The molecular formula is C6H11ClO3. The van der Waals surface area contributed by atoms with Crippen molar-refractivity contribution in [3.8, 4) is 0 Å². The molecule has 0 rings (SSSR count). The van der Waals surface area contributed by atoms with Crippen molar-refractivity contribution in [1.82, 2.24) is 0 Å². The van der Waals surface area contributed by atoms with Crippen LogP contribution >= 0.6 is 11.6 Å². The molecule has 0 unspecified atom stereocenters. The van der Waals surface area contributed by atoms with Crippen LogP contribution in [-0.4, -0.2) is 30.2 Å². The first kappa shape index (κ1) is 12.2. The number of aliphatic hydroxyl groups is 1. The summed E-state index contributed by atoms with van der Waals surface area (Å²) in [5.74, 6) is -0.652. The van der Waals surface area contributed by atoms with Crippen LogP contribution in [0, 0.1) is 0 Å². The molecule has 0 amide bonds. The topological polar surface area (TPSA) is 46.5 Å². The van der Waals surface area contributed by atoms with Crippen LogP contribution < -0.4 is 0 Å². The highest BCUT2D eigenvalue weighted by molar-refractivity contribution is 6.26. The average molecular weight is 167 g/mol. The number of esters is 1. The van der Waals surface area contributed by atoms with E-state index in [0.29, 0.717) is 0 Å². The van der Waals surface area contributed by atoms with Gasteiger partial charge in [-0.25, -0.2) is 0 Å². The van der Waals surface area contributed by atoms with Gasteiger partial charge >= 0.3 is 5.97 Å². The van der Waals surface area contributed by atoms with E-state index in [1.54, 1.807) is 0 Å². The van der Waals surface area contributed by atoms with E-state index >= 15 is 0 Å². The quantitative estimate of drug-likeness (QED) is 0.379. The van der Waals surface area contributed by atoms with Crippen LogP contribution in [0.3, 0.4) is 0 Å². The third-order valence-electron chi connectivity index (χ3n) is 0.463. The number of hydrogen-bond donors (Lipinski definition) is 1. The lowest BCUT2D eigenvalue weighted by atomic mass is 10.7. The molecular weight excluding hydrogens is 156 g/mol. The summed E-state index contributed by atoms with van der Waals surface area (Å²) in [6, 6.07) is 0. The van der Waals surface area contributed by atoms with E-state index in [4.69, 9.17) is 16.7 Å². The van der Waals surface area contributed by atoms with Gasteiger partial charge in [-0.15, -0.1) is 24.8 Å². The Bertz CT molecular complexity index is 85.1. The third kappa shape index (κ3) is 10.4. The molecule has 0 saturated heterocycles. The van der Waals surface area contributed by atoms with Gasteiger partial charge in [-0.1, -0.05) is 0 Å². The van der Waals surface area contributed by atoms with E-state index in [-0.39, 0.29) is 19.1 Å². The zero-order valence-electron chi connectivity index (χ0n) is 5.68. The van der Waals surface area contributed by atoms with Gasteiger partial charge in [0.05, 0.1) is 6.61 Å². The summed E-state index contributed by atoms with van der Waals surface area (Å²) in [7, 11) is 0. The lowest BCUT2D eigenvalue weighted by Crippen LogP contribution is -2.08. The van der Waals surface area contributed by atoms with Crippen LogP contribution in [0.2, 0.25) is 0 Å². The van der Waals surface area contributed by atoms with Gasteiger partial charge in [-0.05, 0) is 0 Å². The summed E-state index contributed by atoms with van der Waals surface area (Å²) < 4.78 is 4.32. The SMILES string of the molecule is C=C.O=C(CCl)OCCO. The molecule has 0 spiro atoms. The Balaban J connectivity index is 0. The Morgan fingerprint density at radius 3 is 2.40 bits per heavy atom. The largest absolute Gasteiger partial charge is 0.462 e. The number of carbonyl (C=O) groups excluding carboxylic acids is 1. The standard InChI is InChI=1S/C4H7ClO3.C2H4/c5-3-4(7)8-2-1-6;1-2/h6H,1-3H2;1-2H2. The van der Waals surface area contributed by atoms with Crippen molar-refractivity contribution in [3.63, 3.8) is 0 Å². The molecule has 60 valence electrons. The number of halogens is 1. The molecule has 0 aliphatic rings. The summed E-state index contributed by atoms with van der Waals surface area (Å²) in [6.45, 7) is 5.88. The fourth-order valence-electron chi connectivity index (χ4n) is 0.198. The number of ether oxygens (including phenoxy) is 1. The Hall–Kier alpha value is -0.540. The van der Waals surface area contributed by atoms with Gasteiger partial charge < -0.3 is 9.84 Å². The highest BCUT2D eigenvalue weighted by atomic mass is 35.5. The van der Waals surface area contributed by atoms with Gasteiger partial charge in [-0.2, -0.15) is 0 Å². The molecule has 0 fully saturated rings. The summed E-state index contributed by atoms with van der Waals surface area (Å²) in [5, 5.41) is 8.09. The summed E-state index contributed by atoms with van der Waals surface area (Å²) in [6.07, 6.45) is 0. The zero-order chi connectivity index (χ0) is 8.41. The van der Waals surface area contributed by atoms with Crippen molar-refractivity contribution < 1.29 is 14.6 Å². The van der Waals surface area contributed by atoms with E-state index in [1.165, 1.54) is 0 Å². The molecule has 4 heteroatoms. The van der Waals surface area contributed by atoms with Crippen molar-refractivity contribution in [2.75, 3.05) is 19.1 Å². The van der Waals surface area contributed by atoms with Crippen LogP contribution in [0.15, 0.2) is 13.2 Å². The molecule has 0 radical (unpaired) electrons. The van der Waals surface area contributed by atoms with E-state index in [1.807, 2.05) is 0 Å². The second-order valence-electron chi connectivity index (χ2n) is 1.08. The Morgan fingerprint density at radius 2 is 2.10 bits per heavy atom. The monoisotopic (exact) mass is 166 g/mol. The second-order valence-corrected chi connectivity index (χ2v) is 1.34. The minimum absolute atomic E-state index is 0.0333. The van der Waals surface area contributed by atoms with E-state index in [2.05, 4.69) is 17.9 Å². The van der Waals surface area contributed by atoms with Crippen LogP contribution in [0.1, 0.15) is 0 Å². The molecule has 0 aliphatic carbocycles. The molecule has 0 saturated carbocycles. The summed E-state index contributed by atoms with van der Waals surface area (Å²) >= 11 is 5.03. The first-order valence-corrected chi connectivity index (χ1v) is 3.17. The Kier molecular flexibility index (Phi) is 13.7. The first-order valence-electron chi connectivity index (χ1n) is 2.63. The van der Waals surface area contributed by atoms with Crippen molar-refractivity contribution in [3.05, 3.63) is 13.2 Å². The van der Waals surface area contributed by atoms with E-state index < -0.39 is 5.97 Å². The molecule has 1 N–H and O–H groups in total. The molecule has 0 atom stereocenters. The number of alkyl halides is 1. The van der Waals surface area contributed by atoms with Crippen LogP contribution in [0.5, 0.6) is 0 Å². The molecule has 0 aliphatic heterocycles. The van der Waals surface area contributed by atoms with Gasteiger partial charge in [0.1, 0.15) is 12.5 Å². The van der Waals surface area contributed by atoms with E-state index in [9.17, 15) is 4.79 Å². The fourth-order valence-corrected chi connectivity index (χ4v) is 0.275. The highest BCUT2D eigenvalue weighted by Crippen LogP contribution is 1.80. The minimum atomic E-state index is -0.499. The third-order valence-corrected chi connectivity index (χ3v) is 0.682. The predicted octanol–water partition coefficient (Wildman–Crippen LogP) is 0.563. The van der Waals surface area contributed by atoms with Crippen molar-refractivity contribution >= 4 is 17.6 Å². The number of rotatable bonds is 3. The smallest absolute Gasteiger partial charge is 0.320 e. The fraction of sp³-hybridized carbons (Fsp3) is 0.500. The molecule has 0 bridgehead atoms. The summed E-state index contributed by atoms with van der Waals surface area (Å²) in [5.41, 5.74) is 0. The van der Waals surface area contributed by atoms with Crippen molar-refractivity contribution in [1.29, 1.82) is 0 Å². The average Bonchev–Trinajstić information content (AvgIpc) is 2.04. The molecule has 0 heterocycles. The van der Waals surface area contributed by atoms with Crippen LogP contribution in [0.4, 0.5) is 0 Å². The zero-order valence-corrected chi connectivity index (χ0v) is 6.43. The molecule has 3 nitrogen and oxygen atoms in total. The van der Waals surface area contributed by atoms with E-state index in [0.717, 1.165) is 0 Å². The molecule has 10 heavy (non-hydrogen) atoms. The first-order chi connectivity index (χ1) is 4.81. The van der Waals surface area contributed by atoms with Gasteiger partial charge in [0, 0.05) is 0 Å². The lowest BCUT2D eigenvalue weighted by molar-refractivity contribution is -0.141. The predicted molar refractivity (Wildman–Crippen MR) is 40.0 cm³/mol. The second kappa shape index (κ2) is 11.3. The van der Waals surface area contributed by atoms with Crippen molar-refractivity contribution in [2.45, 2.75) is 0 Å². The normalized spacial score (nSPS) is 7.40. The van der Waals surface area contributed by atoms with Gasteiger partial charge in [-0.3, -0.25) is 4.79 Å². The maximum absolute atomic E-state index is 10.1. The van der Waals surface area contributed by atoms with Crippen LogP contribution in [0.25, 0.3) is 0 Å².